The number of nitrogens with one attached hydrogen (secondary N) is 1. The van der Waals surface area contributed by atoms with Crippen molar-refractivity contribution in [1.29, 1.82) is 0 Å². The first-order valence-corrected chi connectivity index (χ1v) is 9.77. The van der Waals surface area contributed by atoms with Crippen molar-refractivity contribution in [2.75, 3.05) is 36.1 Å². The highest BCUT2D eigenvalue weighted by Gasteiger charge is 2.40. The van der Waals surface area contributed by atoms with E-state index in [1.807, 2.05) is 6.07 Å². The maximum Gasteiger partial charge on any atom is 0.150 e. The molecule has 1 fully saturated rings. The fourth-order valence-electron chi connectivity index (χ4n) is 3.80. The monoisotopic (exact) mass is 408 g/mol. The van der Waals surface area contributed by atoms with Crippen LogP contribution in [0.4, 0.5) is 27.5 Å². The van der Waals surface area contributed by atoms with Crippen molar-refractivity contribution in [3.63, 3.8) is 0 Å². The van der Waals surface area contributed by atoms with Gasteiger partial charge in [0.1, 0.15) is 23.3 Å². The molecule has 4 rings (SSSR count). The van der Waals surface area contributed by atoms with E-state index < -0.39 is 0 Å². The third kappa shape index (κ3) is 3.91. The molecule has 156 valence electrons. The summed E-state index contributed by atoms with van der Waals surface area (Å²) >= 11 is 0. The van der Waals surface area contributed by atoms with Crippen LogP contribution in [0.1, 0.15) is 30.9 Å². The smallest absolute Gasteiger partial charge is 0.150 e. The minimum atomic E-state index is -0.264. The molecule has 8 heteroatoms. The van der Waals surface area contributed by atoms with E-state index >= 15 is 0 Å². The molecule has 0 amide bonds. The first kappa shape index (κ1) is 20.0. The van der Waals surface area contributed by atoms with Crippen LogP contribution in [0.2, 0.25) is 0 Å². The van der Waals surface area contributed by atoms with Crippen LogP contribution in [0, 0.1) is 5.82 Å². The number of nitrogen functional groups attached to an aromatic ring is 1. The van der Waals surface area contributed by atoms with Crippen molar-refractivity contribution < 1.29 is 9.13 Å². The predicted molar refractivity (Wildman–Crippen MR) is 116 cm³/mol. The van der Waals surface area contributed by atoms with Gasteiger partial charge in [0.2, 0.25) is 0 Å². The lowest BCUT2D eigenvalue weighted by Crippen LogP contribution is -2.61. The summed E-state index contributed by atoms with van der Waals surface area (Å²) in [6.45, 7) is 5.60. The van der Waals surface area contributed by atoms with Gasteiger partial charge in [0.25, 0.3) is 0 Å². The number of hydrogen-bond acceptors (Lipinski definition) is 7. The summed E-state index contributed by atoms with van der Waals surface area (Å²) in [5.74, 6) is 1.26. The molecule has 0 spiro atoms. The van der Waals surface area contributed by atoms with E-state index in [-0.39, 0.29) is 17.3 Å². The molecule has 1 aliphatic rings. The molecule has 1 aromatic carbocycles. The highest BCUT2D eigenvalue weighted by molar-refractivity contribution is 5.72. The predicted octanol–water partition coefficient (Wildman–Crippen LogP) is 3.71. The van der Waals surface area contributed by atoms with Crippen LogP contribution in [0.3, 0.4) is 0 Å². The van der Waals surface area contributed by atoms with Gasteiger partial charge in [0.15, 0.2) is 0 Å². The summed E-state index contributed by atoms with van der Waals surface area (Å²) in [5, 5.41) is 3.16. The third-order valence-electron chi connectivity index (χ3n) is 5.57. The molecule has 0 saturated carbocycles. The second kappa shape index (κ2) is 7.87. The van der Waals surface area contributed by atoms with Crippen molar-refractivity contribution in [3.05, 3.63) is 65.9 Å². The van der Waals surface area contributed by atoms with Gasteiger partial charge < -0.3 is 20.7 Å². The Balaban J connectivity index is 1.73. The lowest BCUT2D eigenvalue weighted by molar-refractivity contribution is -0.0168. The number of aromatic nitrogens is 3. The lowest BCUT2D eigenvalue weighted by atomic mass is 9.88. The summed E-state index contributed by atoms with van der Waals surface area (Å²) in [5.41, 5.74) is 9.09. The standard InChI is InChI=1S/C22H25FN6O/c1-14(15-4-6-16(23)7-5-15)20-17(29-12-22(2,13-29)30-3)10-18(28-21(20)24)27-19-11-25-8-9-26-19/h4-11,14H,12-13H2,1-3H3,(H3,24,26,27,28). The highest BCUT2D eigenvalue weighted by atomic mass is 19.1. The zero-order valence-corrected chi connectivity index (χ0v) is 17.3. The maximum atomic E-state index is 13.4. The Kier molecular flexibility index (Phi) is 5.26. The van der Waals surface area contributed by atoms with E-state index in [2.05, 4.69) is 39.0 Å². The van der Waals surface area contributed by atoms with Gasteiger partial charge in [-0.1, -0.05) is 19.1 Å². The molecule has 3 heterocycles. The molecule has 2 aromatic heterocycles. The molecule has 0 radical (unpaired) electrons. The fraction of sp³-hybridized carbons (Fsp3) is 0.318. The first-order chi connectivity index (χ1) is 14.4. The Bertz CT molecular complexity index is 1020. The topological polar surface area (TPSA) is 89.2 Å². The van der Waals surface area contributed by atoms with E-state index in [1.165, 1.54) is 12.1 Å². The number of ether oxygens (including phenoxy) is 1. The molecule has 0 aliphatic carbocycles. The van der Waals surface area contributed by atoms with Crippen molar-refractivity contribution in [1.82, 2.24) is 15.0 Å². The Labute approximate surface area is 175 Å². The number of pyridine rings is 1. The van der Waals surface area contributed by atoms with Crippen molar-refractivity contribution in [3.8, 4) is 0 Å². The maximum absolute atomic E-state index is 13.4. The van der Waals surface area contributed by atoms with Crippen molar-refractivity contribution in [2.24, 2.45) is 0 Å². The minimum Gasteiger partial charge on any atom is -0.383 e. The van der Waals surface area contributed by atoms with Gasteiger partial charge in [-0.25, -0.2) is 14.4 Å². The van der Waals surface area contributed by atoms with Crippen molar-refractivity contribution >= 4 is 23.1 Å². The van der Waals surface area contributed by atoms with Crippen molar-refractivity contribution in [2.45, 2.75) is 25.4 Å². The van der Waals surface area contributed by atoms with E-state index in [0.717, 1.165) is 29.9 Å². The number of halogens is 1. The van der Waals surface area contributed by atoms with Gasteiger partial charge >= 0.3 is 0 Å². The minimum absolute atomic E-state index is 0.0620. The SMILES string of the molecule is COC1(C)CN(c2cc(Nc3cnccn3)nc(N)c2C(C)c2ccc(F)cc2)C1. The molecule has 1 unspecified atom stereocenters. The highest BCUT2D eigenvalue weighted by Crippen LogP contribution is 2.41. The molecular formula is C22H25FN6O. The Hall–Kier alpha value is -3.26. The molecule has 1 aliphatic heterocycles. The number of methoxy groups -OCH3 is 1. The average Bonchev–Trinajstić information content (AvgIpc) is 2.72. The van der Waals surface area contributed by atoms with E-state index in [9.17, 15) is 4.39 Å². The Morgan fingerprint density at radius 3 is 2.57 bits per heavy atom. The number of hydrogen-bond donors (Lipinski definition) is 2. The Morgan fingerprint density at radius 2 is 1.93 bits per heavy atom. The molecule has 1 atom stereocenters. The van der Waals surface area contributed by atoms with E-state index in [0.29, 0.717) is 17.5 Å². The van der Waals surface area contributed by atoms with Crippen LogP contribution in [-0.4, -0.2) is 40.8 Å². The number of anilines is 4. The number of nitrogens with zero attached hydrogens (tertiary/aromatic N) is 4. The van der Waals surface area contributed by atoms with Gasteiger partial charge in [0, 0.05) is 55.8 Å². The molecular weight excluding hydrogens is 383 g/mol. The largest absolute Gasteiger partial charge is 0.383 e. The van der Waals surface area contributed by atoms with Gasteiger partial charge in [0.05, 0.1) is 11.8 Å². The molecule has 30 heavy (non-hydrogen) atoms. The molecule has 3 N–H and O–H groups in total. The second-order valence-electron chi connectivity index (χ2n) is 7.82. The third-order valence-corrected chi connectivity index (χ3v) is 5.57. The van der Waals surface area contributed by atoms with Gasteiger partial charge in [-0.3, -0.25) is 4.98 Å². The normalized spacial score (nSPS) is 16.1. The zero-order chi connectivity index (χ0) is 21.3. The lowest BCUT2D eigenvalue weighted by Gasteiger charge is -2.49. The molecule has 3 aromatic rings. The van der Waals surface area contributed by atoms with Crippen LogP contribution in [-0.2, 0) is 4.74 Å². The summed E-state index contributed by atoms with van der Waals surface area (Å²) in [4.78, 5) is 15.1. The van der Waals surface area contributed by atoms with Gasteiger partial charge in [-0.05, 0) is 24.6 Å². The number of nitrogens with two attached hydrogens (primary N) is 1. The quantitative estimate of drug-likeness (QED) is 0.643. The summed E-state index contributed by atoms with van der Waals surface area (Å²) in [6.07, 6.45) is 4.84. The van der Waals surface area contributed by atoms with E-state index in [4.69, 9.17) is 10.5 Å². The molecule has 7 nitrogen and oxygen atoms in total. The zero-order valence-electron chi connectivity index (χ0n) is 17.3. The van der Waals surface area contributed by atoms with Crippen LogP contribution >= 0.6 is 0 Å². The second-order valence-corrected chi connectivity index (χ2v) is 7.82. The van der Waals surface area contributed by atoms with Crippen LogP contribution in [0.5, 0.6) is 0 Å². The summed E-state index contributed by atoms with van der Waals surface area (Å²) < 4.78 is 19.0. The Morgan fingerprint density at radius 1 is 1.20 bits per heavy atom. The number of rotatable bonds is 6. The molecule has 0 bridgehead atoms. The fourth-order valence-corrected chi connectivity index (χ4v) is 3.80. The summed E-state index contributed by atoms with van der Waals surface area (Å²) in [6, 6.07) is 8.46. The van der Waals surface area contributed by atoms with Gasteiger partial charge in [-0.15, -0.1) is 0 Å². The summed E-state index contributed by atoms with van der Waals surface area (Å²) in [7, 11) is 1.72. The van der Waals surface area contributed by atoms with Crippen LogP contribution in [0.15, 0.2) is 48.9 Å². The number of benzene rings is 1. The van der Waals surface area contributed by atoms with Gasteiger partial charge in [-0.2, -0.15) is 0 Å². The molecule has 1 saturated heterocycles. The average molecular weight is 408 g/mol. The van der Waals surface area contributed by atoms with Crippen LogP contribution < -0.4 is 16.0 Å². The van der Waals surface area contributed by atoms with Crippen LogP contribution in [0.25, 0.3) is 0 Å². The van der Waals surface area contributed by atoms with E-state index in [1.54, 1.807) is 37.8 Å². The first-order valence-electron chi connectivity index (χ1n) is 9.77.